The predicted molar refractivity (Wildman–Crippen MR) is 122 cm³/mol. The minimum absolute atomic E-state index is 0.114. The molecule has 2 amide bonds. The van der Waals surface area contributed by atoms with Gasteiger partial charge in [0.25, 0.3) is 0 Å². The monoisotopic (exact) mass is 405 g/mol. The van der Waals surface area contributed by atoms with Gasteiger partial charge in [0.05, 0.1) is 19.3 Å². The highest BCUT2D eigenvalue weighted by Gasteiger charge is 2.17. The molecule has 0 fully saturated rings. The van der Waals surface area contributed by atoms with E-state index in [0.29, 0.717) is 24.5 Å². The van der Waals surface area contributed by atoms with E-state index >= 15 is 0 Å². The van der Waals surface area contributed by atoms with E-state index < -0.39 is 0 Å². The lowest BCUT2D eigenvalue weighted by Crippen LogP contribution is -2.36. The van der Waals surface area contributed by atoms with Crippen molar-refractivity contribution >= 4 is 11.7 Å². The van der Waals surface area contributed by atoms with Gasteiger partial charge in [0, 0.05) is 25.0 Å². The standard InChI is InChI=1S/C25H31N3O2/c1-4-5-16-28(25(29)26-23-14-8-9-15-24(23)30-3)19-22-13-10-17-27(22)18-21-12-7-6-11-20(21)2/h6-15,17H,4-5,16,18-19H2,1-3H3,(H,26,29). The first-order valence-electron chi connectivity index (χ1n) is 10.5. The number of carbonyl (C=O) groups excluding carboxylic acids is 1. The van der Waals surface area contributed by atoms with E-state index in [1.54, 1.807) is 7.11 Å². The van der Waals surface area contributed by atoms with Crippen LogP contribution in [0.1, 0.15) is 36.6 Å². The van der Waals surface area contributed by atoms with Crippen LogP contribution in [0.3, 0.4) is 0 Å². The molecular weight excluding hydrogens is 374 g/mol. The first-order valence-corrected chi connectivity index (χ1v) is 10.5. The Kier molecular flexibility index (Phi) is 7.55. The summed E-state index contributed by atoms with van der Waals surface area (Å²) in [4.78, 5) is 15.0. The fraction of sp³-hybridized carbons (Fsp3) is 0.320. The van der Waals surface area contributed by atoms with Gasteiger partial charge in [-0.05, 0) is 48.7 Å². The second kappa shape index (κ2) is 10.5. The maximum absolute atomic E-state index is 13.1. The number of methoxy groups -OCH3 is 1. The second-order valence-corrected chi connectivity index (χ2v) is 7.46. The third-order valence-corrected chi connectivity index (χ3v) is 5.30. The van der Waals surface area contributed by atoms with Gasteiger partial charge in [0.2, 0.25) is 0 Å². The van der Waals surface area contributed by atoms with E-state index in [0.717, 1.165) is 25.1 Å². The van der Waals surface area contributed by atoms with Crippen LogP contribution in [0, 0.1) is 6.92 Å². The first kappa shape index (κ1) is 21.5. The number of aryl methyl sites for hydroxylation is 1. The lowest BCUT2D eigenvalue weighted by atomic mass is 10.1. The summed E-state index contributed by atoms with van der Waals surface area (Å²) < 4.78 is 7.59. The molecule has 30 heavy (non-hydrogen) atoms. The zero-order valence-electron chi connectivity index (χ0n) is 18.1. The van der Waals surface area contributed by atoms with E-state index in [-0.39, 0.29) is 6.03 Å². The molecular formula is C25H31N3O2. The molecule has 1 aromatic heterocycles. The summed E-state index contributed by atoms with van der Waals surface area (Å²) >= 11 is 0. The highest BCUT2D eigenvalue weighted by atomic mass is 16.5. The molecule has 2 aromatic carbocycles. The molecule has 3 rings (SSSR count). The Morgan fingerprint density at radius 1 is 1.07 bits per heavy atom. The maximum Gasteiger partial charge on any atom is 0.322 e. The first-order chi connectivity index (χ1) is 14.6. The van der Waals surface area contributed by atoms with Crippen molar-refractivity contribution in [2.75, 3.05) is 19.0 Å². The highest BCUT2D eigenvalue weighted by molar-refractivity contribution is 5.90. The summed E-state index contributed by atoms with van der Waals surface area (Å²) in [7, 11) is 1.61. The smallest absolute Gasteiger partial charge is 0.322 e. The molecule has 0 saturated carbocycles. The summed E-state index contributed by atoms with van der Waals surface area (Å²) in [6.45, 7) is 6.32. The van der Waals surface area contributed by atoms with Crippen molar-refractivity contribution in [1.82, 2.24) is 9.47 Å². The van der Waals surface area contributed by atoms with Crippen LogP contribution in [0.25, 0.3) is 0 Å². The van der Waals surface area contributed by atoms with Crippen molar-refractivity contribution in [3.8, 4) is 5.75 Å². The SMILES string of the molecule is CCCCN(Cc1cccn1Cc1ccccc1C)C(=O)Nc1ccccc1OC. The van der Waals surface area contributed by atoms with Gasteiger partial charge in [-0.3, -0.25) is 0 Å². The molecule has 0 spiro atoms. The van der Waals surface area contributed by atoms with Crippen LogP contribution in [0.2, 0.25) is 0 Å². The summed E-state index contributed by atoms with van der Waals surface area (Å²) in [5.41, 5.74) is 4.36. The quantitative estimate of drug-likeness (QED) is 0.497. The van der Waals surface area contributed by atoms with E-state index in [9.17, 15) is 4.79 Å². The van der Waals surface area contributed by atoms with E-state index in [1.807, 2.05) is 35.2 Å². The molecule has 0 unspecified atom stereocenters. The van der Waals surface area contributed by atoms with E-state index in [4.69, 9.17) is 4.74 Å². The van der Waals surface area contributed by atoms with Gasteiger partial charge in [-0.2, -0.15) is 0 Å². The van der Waals surface area contributed by atoms with Crippen LogP contribution in [0.5, 0.6) is 5.75 Å². The van der Waals surface area contributed by atoms with Gasteiger partial charge in [-0.15, -0.1) is 0 Å². The second-order valence-electron chi connectivity index (χ2n) is 7.46. The molecule has 0 aliphatic heterocycles. The van der Waals surface area contributed by atoms with Crippen molar-refractivity contribution in [2.24, 2.45) is 0 Å². The Morgan fingerprint density at radius 2 is 1.83 bits per heavy atom. The van der Waals surface area contributed by atoms with Crippen molar-refractivity contribution in [3.63, 3.8) is 0 Å². The molecule has 0 radical (unpaired) electrons. The zero-order valence-corrected chi connectivity index (χ0v) is 18.1. The molecule has 0 bridgehead atoms. The van der Waals surface area contributed by atoms with Crippen molar-refractivity contribution < 1.29 is 9.53 Å². The number of aromatic nitrogens is 1. The predicted octanol–water partition coefficient (Wildman–Crippen LogP) is 5.69. The van der Waals surface area contributed by atoms with Gasteiger partial charge >= 0.3 is 6.03 Å². The number of nitrogens with zero attached hydrogens (tertiary/aromatic N) is 2. The molecule has 0 saturated heterocycles. The summed E-state index contributed by atoms with van der Waals surface area (Å²) in [5.74, 6) is 0.657. The Bertz CT molecular complexity index is 964. The van der Waals surface area contributed by atoms with Gasteiger partial charge in [-0.25, -0.2) is 4.79 Å². The van der Waals surface area contributed by atoms with Gasteiger partial charge < -0.3 is 19.5 Å². The number of urea groups is 1. The number of hydrogen-bond donors (Lipinski definition) is 1. The average Bonchev–Trinajstić information content (AvgIpc) is 3.19. The minimum atomic E-state index is -0.114. The Morgan fingerprint density at radius 3 is 2.60 bits per heavy atom. The summed E-state index contributed by atoms with van der Waals surface area (Å²) in [6.07, 6.45) is 4.07. The normalized spacial score (nSPS) is 10.6. The van der Waals surface area contributed by atoms with Crippen LogP contribution in [0.15, 0.2) is 66.9 Å². The fourth-order valence-electron chi connectivity index (χ4n) is 3.46. The van der Waals surface area contributed by atoms with Crippen LogP contribution in [-0.2, 0) is 13.1 Å². The number of rotatable bonds is 9. The van der Waals surface area contributed by atoms with Crippen molar-refractivity contribution in [2.45, 2.75) is 39.8 Å². The number of benzene rings is 2. The Labute approximate surface area is 179 Å². The molecule has 0 aliphatic rings. The Balaban J connectivity index is 1.76. The lowest BCUT2D eigenvalue weighted by Gasteiger charge is -2.24. The molecule has 158 valence electrons. The third-order valence-electron chi connectivity index (χ3n) is 5.30. The van der Waals surface area contributed by atoms with Gasteiger partial charge in [0.15, 0.2) is 0 Å². The maximum atomic E-state index is 13.1. The summed E-state index contributed by atoms with van der Waals surface area (Å²) in [6, 6.07) is 19.9. The number of unbranched alkanes of at least 4 members (excludes halogenated alkanes) is 1. The number of para-hydroxylation sites is 2. The third kappa shape index (κ3) is 5.44. The summed E-state index contributed by atoms with van der Waals surface area (Å²) in [5, 5.41) is 3.01. The number of amides is 2. The number of carbonyl (C=O) groups is 1. The zero-order chi connectivity index (χ0) is 21.3. The molecule has 0 atom stereocenters. The molecule has 5 heteroatoms. The molecule has 3 aromatic rings. The lowest BCUT2D eigenvalue weighted by molar-refractivity contribution is 0.206. The van der Waals surface area contributed by atoms with Crippen molar-refractivity contribution in [1.29, 1.82) is 0 Å². The number of nitrogens with one attached hydrogen (secondary N) is 1. The Hall–Kier alpha value is -3.21. The molecule has 5 nitrogen and oxygen atoms in total. The number of anilines is 1. The van der Waals surface area contributed by atoms with E-state index in [2.05, 4.69) is 60.3 Å². The molecule has 0 aliphatic carbocycles. The van der Waals surface area contributed by atoms with Crippen LogP contribution >= 0.6 is 0 Å². The van der Waals surface area contributed by atoms with Gasteiger partial charge in [0.1, 0.15) is 5.75 Å². The van der Waals surface area contributed by atoms with Crippen molar-refractivity contribution in [3.05, 3.63) is 83.7 Å². The minimum Gasteiger partial charge on any atom is -0.495 e. The molecule has 1 heterocycles. The average molecular weight is 406 g/mol. The van der Waals surface area contributed by atoms with Crippen LogP contribution in [-0.4, -0.2) is 29.2 Å². The fourth-order valence-corrected chi connectivity index (χ4v) is 3.46. The van der Waals surface area contributed by atoms with Gasteiger partial charge in [-0.1, -0.05) is 49.7 Å². The highest BCUT2D eigenvalue weighted by Crippen LogP contribution is 2.24. The number of hydrogen-bond acceptors (Lipinski definition) is 2. The topological polar surface area (TPSA) is 46.5 Å². The number of ether oxygens (including phenoxy) is 1. The van der Waals surface area contributed by atoms with Crippen LogP contribution in [0.4, 0.5) is 10.5 Å². The van der Waals surface area contributed by atoms with Crippen LogP contribution < -0.4 is 10.1 Å². The molecule has 1 N–H and O–H groups in total. The largest absolute Gasteiger partial charge is 0.495 e. The van der Waals surface area contributed by atoms with E-state index in [1.165, 1.54) is 11.1 Å².